The zero-order valence-corrected chi connectivity index (χ0v) is 12.3. The molecule has 0 radical (unpaired) electrons. The van der Waals surface area contributed by atoms with Crippen LogP contribution in [0.1, 0.15) is 19.4 Å². The molecule has 1 aromatic rings. The molecule has 0 spiro atoms. The van der Waals surface area contributed by atoms with Crippen molar-refractivity contribution in [2.24, 2.45) is 5.73 Å². The maximum atomic E-state index is 13.1. The molecule has 0 fully saturated rings. The predicted octanol–water partition coefficient (Wildman–Crippen LogP) is 3.08. The van der Waals surface area contributed by atoms with Crippen molar-refractivity contribution in [1.82, 2.24) is 4.90 Å². The molecule has 1 aromatic carbocycles. The van der Waals surface area contributed by atoms with Crippen LogP contribution in [0.5, 0.6) is 0 Å². The molecule has 0 unspecified atom stereocenters. The van der Waals surface area contributed by atoms with Gasteiger partial charge in [-0.3, -0.25) is 4.90 Å². The molecule has 0 aliphatic carbocycles. The van der Waals surface area contributed by atoms with Gasteiger partial charge in [-0.1, -0.05) is 18.3 Å². The Kier molecular flexibility index (Phi) is 5.49. The predicted molar refractivity (Wildman–Crippen MR) is 76.4 cm³/mol. The van der Waals surface area contributed by atoms with Crippen LogP contribution in [0.4, 0.5) is 4.39 Å². The van der Waals surface area contributed by atoms with Gasteiger partial charge in [-0.15, -0.1) is 0 Å². The molecule has 0 saturated carbocycles. The molecule has 0 aromatic heterocycles. The Morgan fingerprint density at radius 1 is 1.53 bits per heavy atom. The Balaban J connectivity index is 2.78. The van der Waals surface area contributed by atoms with Crippen molar-refractivity contribution in [3.8, 4) is 0 Å². The lowest BCUT2D eigenvalue weighted by atomic mass is 10.2. The second-order valence-electron chi connectivity index (χ2n) is 4.21. The molecule has 0 bridgehead atoms. The smallest absolute Gasteiger partial charge is 0.137 e. The molecule has 17 heavy (non-hydrogen) atoms. The summed E-state index contributed by atoms with van der Waals surface area (Å²) in [6, 6.07) is 5.35. The number of benzene rings is 1. The van der Waals surface area contributed by atoms with Gasteiger partial charge >= 0.3 is 0 Å². The molecular formula is C12H16BrFN2S. The highest BCUT2D eigenvalue weighted by atomic mass is 79.9. The third-order valence-electron chi connectivity index (χ3n) is 2.46. The number of hydrogen-bond acceptors (Lipinski definition) is 2. The summed E-state index contributed by atoms with van der Waals surface area (Å²) in [7, 11) is 0. The Morgan fingerprint density at radius 3 is 2.65 bits per heavy atom. The number of halogens is 2. The van der Waals surface area contributed by atoms with Gasteiger partial charge in [-0.05, 0) is 47.5 Å². The van der Waals surface area contributed by atoms with E-state index in [1.54, 1.807) is 12.1 Å². The first kappa shape index (κ1) is 14.5. The molecule has 5 heteroatoms. The summed E-state index contributed by atoms with van der Waals surface area (Å²) in [5.74, 6) is -0.251. The summed E-state index contributed by atoms with van der Waals surface area (Å²) in [4.78, 5) is 2.61. The number of rotatable bonds is 5. The SMILES string of the molecule is CC(C)N(CC(N)=S)Cc1ccc(F)c(Br)c1. The first-order valence-electron chi connectivity index (χ1n) is 5.36. The third-order valence-corrected chi connectivity index (χ3v) is 3.20. The zero-order valence-electron chi connectivity index (χ0n) is 9.91. The van der Waals surface area contributed by atoms with E-state index in [2.05, 4.69) is 34.7 Å². The molecule has 94 valence electrons. The van der Waals surface area contributed by atoms with Gasteiger partial charge in [0.05, 0.1) is 9.46 Å². The highest BCUT2D eigenvalue weighted by Gasteiger charge is 2.12. The van der Waals surface area contributed by atoms with Gasteiger partial charge in [0.25, 0.3) is 0 Å². The second-order valence-corrected chi connectivity index (χ2v) is 5.59. The molecular weight excluding hydrogens is 303 g/mol. The third kappa shape index (κ3) is 4.69. The van der Waals surface area contributed by atoms with Crippen molar-refractivity contribution >= 4 is 33.1 Å². The lowest BCUT2D eigenvalue weighted by Gasteiger charge is -2.26. The van der Waals surface area contributed by atoms with Crippen LogP contribution >= 0.6 is 28.1 Å². The Morgan fingerprint density at radius 2 is 2.18 bits per heavy atom. The normalized spacial score (nSPS) is 11.2. The van der Waals surface area contributed by atoms with E-state index in [9.17, 15) is 4.39 Å². The summed E-state index contributed by atoms with van der Waals surface area (Å²) < 4.78 is 13.6. The van der Waals surface area contributed by atoms with Crippen molar-refractivity contribution in [3.05, 3.63) is 34.1 Å². The molecule has 0 saturated heterocycles. The van der Waals surface area contributed by atoms with E-state index in [0.29, 0.717) is 28.6 Å². The highest BCUT2D eigenvalue weighted by Crippen LogP contribution is 2.18. The minimum absolute atomic E-state index is 0.251. The molecule has 0 amide bonds. The fraction of sp³-hybridized carbons (Fsp3) is 0.417. The van der Waals surface area contributed by atoms with Gasteiger partial charge in [0.2, 0.25) is 0 Å². The quantitative estimate of drug-likeness (QED) is 0.846. The van der Waals surface area contributed by atoms with Gasteiger partial charge in [0.15, 0.2) is 0 Å². The van der Waals surface area contributed by atoms with Crippen LogP contribution < -0.4 is 5.73 Å². The maximum Gasteiger partial charge on any atom is 0.137 e. The van der Waals surface area contributed by atoms with Crippen molar-refractivity contribution in [2.45, 2.75) is 26.4 Å². The van der Waals surface area contributed by atoms with Crippen LogP contribution in [0, 0.1) is 5.82 Å². The van der Waals surface area contributed by atoms with Crippen LogP contribution in [-0.2, 0) is 6.54 Å². The summed E-state index contributed by atoms with van der Waals surface area (Å²) in [5, 5.41) is 0. The standard InChI is InChI=1S/C12H16BrFN2S/c1-8(2)16(7-12(15)17)6-9-3-4-11(14)10(13)5-9/h3-5,8H,6-7H2,1-2H3,(H2,15,17). The van der Waals surface area contributed by atoms with E-state index < -0.39 is 0 Å². The fourth-order valence-electron chi connectivity index (χ4n) is 1.49. The average Bonchev–Trinajstić information content (AvgIpc) is 2.21. The van der Waals surface area contributed by atoms with Gasteiger partial charge in [0, 0.05) is 19.1 Å². The molecule has 1 rings (SSSR count). The maximum absolute atomic E-state index is 13.1. The molecule has 0 aliphatic rings. The van der Waals surface area contributed by atoms with Crippen LogP contribution in [0.25, 0.3) is 0 Å². The lowest BCUT2D eigenvalue weighted by Crippen LogP contribution is -2.37. The molecule has 2 nitrogen and oxygen atoms in total. The van der Waals surface area contributed by atoms with Gasteiger partial charge in [0.1, 0.15) is 5.82 Å². The van der Waals surface area contributed by atoms with Crippen LogP contribution in [0.2, 0.25) is 0 Å². The Labute approximate surface area is 115 Å². The first-order chi connectivity index (χ1) is 7.90. The fourth-order valence-corrected chi connectivity index (χ4v) is 2.09. The van der Waals surface area contributed by atoms with Crippen LogP contribution in [0.3, 0.4) is 0 Å². The average molecular weight is 319 g/mol. The van der Waals surface area contributed by atoms with Crippen molar-refractivity contribution in [2.75, 3.05) is 6.54 Å². The summed E-state index contributed by atoms with van der Waals surface area (Å²) in [6.45, 7) is 5.43. The summed E-state index contributed by atoms with van der Waals surface area (Å²) in [5.41, 5.74) is 6.59. The number of nitrogens with two attached hydrogens (primary N) is 1. The minimum Gasteiger partial charge on any atom is -0.392 e. The van der Waals surface area contributed by atoms with Gasteiger partial charge in [-0.25, -0.2) is 4.39 Å². The molecule has 2 N–H and O–H groups in total. The van der Waals surface area contributed by atoms with E-state index in [4.69, 9.17) is 18.0 Å². The zero-order chi connectivity index (χ0) is 13.0. The van der Waals surface area contributed by atoms with Crippen molar-refractivity contribution in [3.63, 3.8) is 0 Å². The van der Waals surface area contributed by atoms with Crippen LogP contribution in [0.15, 0.2) is 22.7 Å². The minimum atomic E-state index is -0.251. The Bertz CT molecular complexity index is 409. The number of thiocarbonyl (C=S) groups is 1. The second kappa shape index (κ2) is 6.42. The highest BCUT2D eigenvalue weighted by molar-refractivity contribution is 9.10. The number of nitrogens with zero attached hydrogens (tertiary/aromatic N) is 1. The first-order valence-corrected chi connectivity index (χ1v) is 6.56. The van der Waals surface area contributed by atoms with Crippen molar-refractivity contribution in [1.29, 1.82) is 0 Å². The van der Waals surface area contributed by atoms with E-state index in [1.165, 1.54) is 6.07 Å². The van der Waals surface area contributed by atoms with Gasteiger partial charge < -0.3 is 5.73 Å². The van der Waals surface area contributed by atoms with E-state index in [1.807, 2.05) is 0 Å². The topological polar surface area (TPSA) is 29.3 Å². The van der Waals surface area contributed by atoms with E-state index in [-0.39, 0.29) is 5.82 Å². The molecule has 0 aliphatic heterocycles. The Hall–Kier alpha value is -0.520. The van der Waals surface area contributed by atoms with Gasteiger partial charge in [-0.2, -0.15) is 0 Å². The number of hydrogen-bond donors (Lipinski definition) is 1. The van der Waals surface area contributed by atoms with E-state index >= 15 is 0 Å². The molecule has 0 heterocycles. The van der Waals surface area contributed by atoms with Crippen LogP contribution in [-0.4, -0.2) is 22.5 Å². The molecule has 0 atom stereocenters. The summed E-state index contributed by atoms with van der Waals surface area (Å²) >= 11 is 8.10. The largest absolute Gasteiger partial charge is 0.392 e. The van der Waals surface area contributed by atoms with E-state index in [0.717, 1.165) is 5.56 Å². The summed E-state index contributed by atoms with van der Waals surface area (Å²) in [6.07, 6.45) is 0. The monoisotopic (exact) mass is 318 g/mol. The lowest BCUT2D eigenvalue weighted by molar-refractivity contribution is 0.245. The van der Waals surface area contributed by atoms with Crippen molar-refractivity contribution < 1.29 is 4.39 Å².